The Labute approximate surface area is 173 Å². The Morgan fingerprint density at radius 3 is 2.10 bits per heavy atom. The van der Waals surface area contributed by atoms with Gasteiger partial charge in [0.2, 0.25) is 17.7 Å². The molecule has 29 heavy (non-hydrogen) atoms. The zero-order valence-corrected chi connectivity index (χ0v) is 17.6. The number of imide groups is 1. The molecule has 4 rings (SSSR count). The molecule has 0 bridgehead atoms. The summed E-state index contributed by atoms with van der Waals surface area (Å²) in [5, 5.41) is 0. The minimum atomic E-state index is -0.134. The molecular formula is C24H32N2O3. The lowest BCUT2D eigenvalue weighted by molar-refractivity contribution is -0.141. The molecule has 2 aliphatic carbocycles. The molecule has 1 saturated heterocycles. The van der Waals surface area contributed by atoms with Crippen molar-refractivity contribution in [2.24, 2.45) is 11.8 Å². The van der Waals surface area contributed by atoms with Crippen molar-refractivity contribution in [3.8, 4) is 0 Å². The first kappa shape index (κ1) is 20.1. The normalized spacial score (nSPS) is 24.2. The zero-order valence-electron chi connectivity index (χ0n) is 17.6. The Morgan fingerprint density at radius 2 is 1.59 bits per heavy atom. The lowest BCUT2D eigenvalue weighted by Crippen LogP contribution is -2.38. The highest BCUT2D eigenvalue weighted by Gasteiger charge is 2.48. The maximum Gasteiger partial charge on any atom is 0.233 e. The first-order chi connectivity index (χ1) is 14.0. The SMILES string of the molecule is CC(C)c1ccc(CN(C(=O)CCN2C(=O)C3CCCCC3C2=O)C2CC2)cc1. The second kappa shape index (κ2) is 8.29. The zero-order chi connectivity index (χ0) is 20.5. The van der Waals surface area contributed by atoms with E-state index in [2.05, 4.69) is 38.1 Å². The average Bonchev–Trinajstić information content (AvgIpc) is 3.53. The van der Waals surface area contributed by atoms with Crippen molar-refractivity contribution >= 4 is 17.7 Å². The van der Waals surface area contributed by atoms with Gasteiger partial charge in [-0.2, -0.15) is 0 Å². The van der Waals surface area contributed by atoms with Gasteiger partial charge in [-0.05, 0) is 42.7 Å². The van der Waals surface area contributed by atoms with Crippen LogP contribution in [0.15, 0.2) is 24.3 Å². The number of carbonyl (C=O) groups is 3. The van der Waals surface area contributed by atoms with Gasteiger partial charge in [0, 0.05) is 25.6 Å². The summed E-state index contributed by atoms with van der Waals surface area (Å²) in [6.07, 6.45) is 6.01. The van der Waals surface area contributed by atoms with Gasteiger partial charge in [-0.25, -0.2) is 0 Å². The van der Waals surface area contributed by atoms with Crippen LogP contribution in [0.4, 0.5) is 0 Å². The van der Waals surface area contributed by atoms with Gasteiger partial charge >= 0.3 is 0 Å². The van der Waals surface area contributed by atoms with E-state index < -0.39 is 0 Å². The van der Waals surface area contributed by atoms with Crippen LogP contribution in [0, 0.1) is 11.8 Å². The monoisotopic (exact) mass is 396 g/mol. The third-order valence-electron chi connectivity index (χ3n) is 6.79. The van der Waals surface area contributed by atoms with Gasteiger partial charge < -0.3 is 4.90 Å². The summed E-state index contributed by atoms with van der Waals surface area (Å²) < 4.78 is 0. The van der Waals surface area contributed by atoms with Crippen molar-refractivity contribution in [1.29, 1.82) is 0 Å². The highest BCUT2D eigenvalue weighted by atomic mass is 16.2. The molecule has 0 radical (unpaired) electrons. The first-order valence-electron chi connectivity index (χ1n) is 11.2. The number of fused-ring (bicyclic) bond motifs is 1. The lowest BCUT2D eigenvalue weighted by atomic mass is 9.81. The average molecular weight is 397 g/mol. The summed E-state index contributed by atoms with van der Waals surface area (Å²) in [4.78, 5) is 41.6. The second-order valence-electron chi connectivity index (χ2n) is 9.22. The van der Waals surface area contributed by atoms with Crippen molar-refractivity contribution in [1.82, 2.24) is 9.80 Å². The van der Waals surface area contributed by atoms with Crippen molar-refractivity contribution in [3.63, 3.8) is 0 Å². The number of nitrogens with zero attached hydrogens (tertiary/aromatic N) is 2. The van der Waals surface area contributed by atoms with Crippen LogP contribution in [0.25, 0.3) is 0 Å². The van der Waals surface area contributed by atoms with Crippen molar-refractivity contribution in [2.75, 3.05) is 6.54 Å². The fourth-order valence-corrected chi connectivity index (χ4v) is 4.81. The minimum absolute atomic E-state index is 0.0465. The van der Waals surface area contributed by atoms with Gasteiger partial charge in [0.05, 0.1) is 11.8 Å². The Hall–Kier alpha value is -2.17. The highest BCUT2D eigenvalue weighted by molar-refractivity contribution is 6.05. The third kappa shape index (κ3) is 4.24. The molecule has 3 amide bonds. The van der Waals surface area contributed by atoms with E-state index in [-0.39, 0.29) is 42.5 Å². The molecule has 0 aromatic heterocycles. The van der Waals surface area contributed by atoms with E-state index in [9.17, 15) is 14.4 Å². The molecular weight excluding hydrogens is 364 g/mol. The quantitative estimate of drug-likeness (QED) is 0.658. The molecule has 1 aromatic rings. The maximum absolute atomic E-state index is 13.0. The number of hydrogen-bond acceptors (Lipinski definition) is 3. The van der Waals surface area contributed by atoms with Crippen molar-refractivity contribution in [3.05, 3.63) is 35.4 Å². The molecule has 1 heterocycles. The fourth-order valence-electron chi connectivity index (χ4n) is 4.81. The Balaban J connectivity index is 1.37. The predicted octanol–water partition coefficient (Wildman–Crippen LogP) is 3.87. The minimum Gasteiger partial charge on any atom is -0.335 e. The number of amides is 3. The second-order valence-corrected chi connectivity index (χ2v) is 9.22. The van der Waals surface area contributed by atoms with E-state index in [0.717, 1.165) is 44.1 Å². The van der Waals surface area contributed by atoms with Crippen LogP contribution >= 0.6 is 0 Å². The molecule has 2 saturated carbocycles. The van der Waals surface area contributed by atoms with Gasteiger partial charge in [0.15, 0.2) is 0 Å². The summed E-state index contributed by atoms with van der Waals surface area (Å²) >= 11 is 0. The number of carbonyl (C=O) groups excluding carboxylic acids is 3. The predicted molar refractivity (Wildman–Crippen MR) is 111 cm³/mol. The molecule has 5 nitrogen and oxygen atoms in total. The van der Waals surface area contributed by atoms with E-state index in [1.807, 2.05) is 4.90 Å². The van der Waals surface area contributed by atoms with Gasteiger partial charge in [-0.15, -0.1) is 0 Å². The number of benzene rings is 1. The summed E-state index contributed by atoms with van der Waals surface area (Å²) in [5.74, 6) is 0.181. The summed E-state index contributed by atoms with van der Waals surface area (Å²) in [6.45, 7) is 5.19. The Morgan fingerprint density at radius 1 is 1.00 bits per heavy atom. The topological polar surface area (TPSA) is 57.7 Å². The molecule has 0 N–H and O–H groups in total. The molecule has 0 spiro atoms. The van der Waals surface area contributed by atoms with E-state index in [1.54, 1.807) is 0 Å². The van der Waals surface area contributed by atoms with Gasteiger partial charge in [-0.1, -0.05) is 51.0 Å². The van der Waals surface area contributed by atoms with Gasteiger partial charge in [-0.3, -0.25) is 19.3 Å². The third-order valence-corrected chi connectivity index (χ3v) is 6.79. The summed E-state index contributed by atoms with van der Waals surface area (Å²) in [6, 6.07) is 8.80. The van der Waals surface area contributed by atoms with Crippen LogP contribution in [0.2, 0.25) is 0 Å². The molecule has 156 valence electrons. The number of rotatable bonds is 7. The molecule has 1 aromatic carbocycles. The standard InChI is InChI=1S/C24H32N2O3/c1-16(2)18-9-7-17(8-10-18)15-26(19-11-12-19)22(27)13-14-25-23(28)20-5-3-4-6-21(20)24(25)29/h7-10,16,19-21H,3-6,11-15H2,1-2H3. The van der Waals surface area contributed by atoms with E-state index in [1.165, 1.54) is 10.5 Å². The smallest absolute Gasteiger partial charge is 0.233 e. The Kier molecular flexibility index (Phi) is 5.75. The van der Waals surface area contributed by atoms with Crippen LogP contribution in [-0.4, -0.2) is 40.1 Å². The van der Waals surface area contributed by atoms with Crippen LogP contribution in [0.3, 0.4) is 0 Å². The van der Waals surface area contributed by atoms with E-state index in [0.29, 0.717) is 18.5 Å². The van der Waals surface area contributed by atoms with Crippen molar-refractivity contribution < 1.29 is 14.4 Å². The molecule has 3 fully saturated rings. The molecule has 2 unspecified atom stereocenters. The lowest BCUT2D eigenvalue weighted by Gasteiger charge is -2.24. The van der Waals surface area contributed by atoms with Gasteiger partial charge in [0.25, 0.3) is 0 Å². The number of likely N-dealkylation sites (tertiary alicyclic amines) is 1. The largest absolute Gasteiger partial charge is 0.335 e. The van der Waals surface area contributed by atoms with E-state index >= 15 is 0 Å². The summed E-state index contributed by atoms with van der Waals surface area (Å²) in [7, 11) is 0. The van der Waals surface area contributed by atoms with Crippen molar-refractivity contribution in [2.45, 2.75) is 77.3 Å². The molecule has 3 aliphatic rings. The van der Waals surface area contributed by atoms with Gasteiger partial charge in [0.1, 0.15) is 0 Å². The summed E-state index contributed by atoms with van der Waals surface area (Å²) in [5.41, 5.74) is 2.43. The van der Waals surface area contributed by atoms with Crippen LogP contribution < -0.4 is 0 Å². The first-order valence-corrected chi connectivity index (χ1v) is 11.2. The van der Waals surface area contributed by atoms with Crippen LogP contribution in [0.1, 0.15) is 75.8 Å². The molecule has 2 atom stereocenters. The maximum atomic E-state index is 13.0. The van der Waals surface area contributed by atoms with Crippen LogP contribution in [0.5, 0.6) is 0 Å². The molecule has 1 aliphatic heterocycles. The van der Waals surface area contributed by atoms with Crippen LogP contribution in [-0.2, 0) is 20.9 Å². The van der Waals surface area contributed by atoms with E-state index in [4.69, 9.17) is 0 Å². The number of hydrogen-bond donors (Lipinski definition) is 0. The molecule has 5 heteroatoms. The Bertz CT molecular complexity index is 758. The fraction of sp³-hybridized carbons (Fsp3) is 0.625. The highest BCUT2D eigenvalue weighted by Crippen LogP contribution is 2.38.